The van der Waals surface area contributed by atoms with E-state index in [-0.39, 0.29) is 12.4 Å². The average Bonchev–Trinajstić information content (AvgIpc) is 2.04. The molecule has 0 atom stereocenters. The molecule has 0 fully saturated rings. The van der Waals surface area contributed by atoms with Crippen LogP contribution in [0.3, 0.4) is 0 Å². The van der Waals surface area contributed by atoms with Crippen molar-refractivity contribution < 1.29 is 4.84 Å². The van der Waals surface area contributed by atoms with Gasteiger partial charge in [-0.2, -0.15) is 0 Å². The molecule has 4 heteroatoms. The minimum absolute atomic E-state index is 0. The number of rotatable bonds is 3. The van der Waals surface area contributed by atoms with E-state index in [1.807, 2.05) is 24.3 Å². The molecule has 0 unspecified atom stereocenters. The van der Waals surface area contributed by atoms with Gasteiger partial charge in [-0.3, -0.25) is 0 Å². The molecule has 0 spiro atoms. The molecule has 0 saturated heterocycles. The fourth-order valence-corrected chi connectivity index (χ4v) is 0.954. The molecule has 0 aromatic heterocycles. The lowest BCUT2D eigenvalue weighted by atomic mass is 10.2. The Hall–Kier alpha value is -0.280. The lowest BCUT2D eigenvalue weighted by Gasteiger charge is -1.98. The third-order valence-electron chi connectivity index (χ3n) is 1.42. The van der Waals surface area contributed by atoms with Crippen LogP contribution < -0.4 is 5.90 Å². The van der Waals surface area contributed by atoms with Gasteiger partial charge in [0.05, 0.1) is 6.61 Å². The van der Waals surface area contributed by atoms with Gasteiger partial charge in [-0.1, -0.05) is 23.7 Å². The third-order valence-corrected chi connectivity index (χ3v) is 1.67. The van der Waals surface area contributed by atoms with Crippen LogP contribution in [0.4, 0.5) is 0 Å². The molecule has 2 nitrogen and oxygen atoms in total. The number of hydrogen-bond donors (Lipinski definition) is 1. The van der Waals surface area contributed by atoms with E-state index in [0.717, 1.165) is 11.4 Å². The monoisotopic (exact) mass is 207 g/mol. The van der Waals surface area contributed by atoms with Gasteiger partial charge in [-0.25, -0.2) is 5.90 Å². The highest BCUT2D eigenvalue weighted by Crippen LogP contribution is 2.09. The lowest BCUT2D eigenvalue weighted by molar-refractivity contribution is 0.141. The van der Waals surface area contributed by atoms with Crippen molar-refractivity contribution in [3.05, 3.63) is 34.9 Å². The summed E-state index contributed by atoms with van der Waals surface area (Å²) in [5.74, 6) is 4.88. The van der Waals surface area contributed by atoms with Gasteiger partial charge in [-0.15, -0.1) is 12.4 Å². The first-order valence-electron chi connectivity index (χ1n) is 3.39. The van der Waals surface area contributed by atoms with Crippen LogP contribution in [-0.2, 0) is 11.3 Å². The third kappa shape index (κ3) is 3.93. The minimum atomic E-state index is 0. The minimum Gasteiger partial charge on any atom is -0.304 e. The molecule has 1 rings (SSSR count). The van der Waals surface area contributed by atoms with Crippen molar-refractivity contribution in [2.24, 2.45) is 5.90 Å². The average molecular weight is 208 g/mol. The molecule has 2 N–H and O–H groups in total. The highest BCUT2D eigenvalue weighted by Gasteiger charge is 1.91. The van der Waals surface area contributed by atoms with Crippen LogP contribution in [0.2, 0.25) is 5.02 Å². The van der Waals surface area contributed by atoms with E-state index >= 15 is 0 Å². The SMILES string of the molecule is Cl.NOCCc1ccc(Cl)cc1. The standard InChI is InChI=1S/C8H10ClNO.ClH/c9-8-3-1-7(2-4-8)5-6-11-10;/h1-4H,5-6,10H2;1H. The van der Waals surface area contributed by atoms with Crippen molar-refractivity contribution in [2.45, 2.75) is 6.42 Å². The highest BCUT2D eigenvalue weighted by atomic mass is 35.5. The summed E-state index contributed by atoms with van der Waals surface area (Å²) in [5, 5.41) is 0.752. The zero-order chi connectivity index (χ0) is 8.10. The molecular formula is C8H11Cl2NO. The van der Waals surface area contributed by atoms with Crippen molar-refractivity contribution in [3.63, 3.8) is 0 Å². The summed E-state index contributed by atoms with van der Waals surface area (Å²) in [7, 11) is 0. The Morgan fingerprint density at radius 3 is 2.33 bits per heavy atom. The maximum absolute atomic E-state index is 5.69. The molecule has 1 aromatic rings. The molecule has 0 aliphatic carbocycles. The second-order valence-electron chi connectivity index (χ2n) is 2.25. The summed E-state index contributed by atoms with van der Waals surface area (Å²) in [4.78, 5) is 4.44. The van der Waals surface area contributed by atoms with Crippen LogP contribution in [0, 0.1) is 0 Å². The zero-order valence-corrected chi connectivity index (χ0v) is 8.07. The van der Waals surface area contributed by atoms with Gasteiger partial charge >= 0.3 is 0 Å². The summed E-state index contributed by atoms with van der Waals surface area (Å²) >= 11 is 5.69. The largest absolute Gasteiger partial charge is 0.304 e. The Labute approximate surface area is 83.0 Å². The fourth-order valence-electron chi connectivity index (χ4n) is 0.828. The van der Waals surface area contributed by atoms with Gasteiger partial charge in [0.15, 0.2) is 0 Å². The highest BCUT2D eigenvalue weighted by molar-refractivity contribution is 6.30. The Kier molecular flexibility index (Phi) is 6.11. The van der Waals surface area contributed by atoms with Crippen LogP contribution >= 0.6 is 24.0 Å². The summed E-state index contributed by atoms with van der Waals surface area (Å²) in [6.07, 6.45) is 0.827. The van der Waals surface area contributed by atoms with E-state index in [1.165, 1.54) is 5.56 Å². The Morgan fingerprint density at radius 2 is 1.83 bits per heavy atom. The van der Waals surface area contributed by atoms with Crippen LogP contribution in [0.1, 0.15) is 5.56 Å². The number of halogens is 2. The van der Waals surface area contributed by atoms with Crippen molar-refractivity contribution >= 4 is 24.0 Å². The van der Waals surface area contributed by atoms with Crippen molar-refractivity contribution in [1.29, 1.82) is 0 Å². The quantitative estimate of drug-likeness (QED) is 0.772. The number of nitrogens with two attached hydrogens (primary N) is 1. The molecule has 68 valence electrons. The normalized spacial score (nSPS) is 9.17. The van der Waals surface area contributed by atoms with E-state index in [2.05, 4.69) is 4.84 Å². The van der Waals surface area contributed by atoms with Gasteiger partial charge in [0.25, 0.3) is 0 Å². The van der Waals surface area contributed by atoms with Gasteiger partial charge in [0, 0.05) is 5.02 Å². The Bertz CT molecular complexity index is 213. The van der Waals surface area contributed by atoms with Crippen LogP contribution in [0.15, 0.2) is 24.3 Å². The summed E-state index contributed by atoms with van der Waals surface area (Å²) in [6, 6.07) is 7.63. The molecule has 0 radical (unpaired) electrons. The number of benzene rings is 1. The second-order valence-corrected chi connectivity index (χ2v) is 2.68. The van der Waals surface area contributed by atoms with E-state index in [4.69, 9.17) is 17.5 Å². The molecule has 0 bridgehead atoms. The van der Waals surface area contributed by atoms with E-state index in [0.29, 0.717) is 6.61 Å². The smallest absolute Gasteiger partial charge is 0.0719 e. The predicted octanol–water partition coefficient (Wildman–Crippen LogP) is 2.19. The molecule has 12 heavy (non-hydrogen) atoms. The zero-order valence-electron chi connectivity index (χ0n) is 6.50. The molecule has 0 amide bonds. The lowest BCUT2D eigenvalue weighted by Crippen LogP contribution is -2.03. The van der Waals surface area contributed by atoms with Gasteiger partial charge in [0.2, 0.25) is 0 Å². The molecule has 1 aromatic carbocycles. The summed E-state index contributed by atoms with van der Waals surface area (Å²) in [5.41, 5.74) is 1.18. The Morgan fingerprint density at radius 1 is 1.25 bits per heavy atom. The van der Waals surface area contributed by atoms with Gasteiger partial charge in [-0.05, 0) is 24.1 Å². The molecule has 0 saturated carbocycles. The topological polar surface area (TPSA) is 35.2 Å². The molecule has 0 heterocycles. The van der Waals surface area contributed by atoms with Crippen molar-refractivity contribution in [2.75, 3.05) is 6.61 Å². The first-order valence-corrected chi connectivity index (χ1v) is 3.77. The van der Waals surface area contributed by atoms with E-state index < -0.39 is 0 Å². The second kappa shape index (κ2) is 6.26. The van der Waals surface area contributed by atoms with Crippen LogP contribution in [0.25, 0.3) is 0 Å². The van der Waals surface area contributed by atoms with Crippen molar-refractivity contribution in [3.8, 4) is 0 Å². The van der Waals surface area contributed by atoms with Crippen LogP contribution in [0.5, 0.6) is 0 Å². The van der Waals surface area contributed by atoms with E-state index in [9.17, 15) is 0 Å². The van der Waals surface area contributed by atoms with Crippen molar-refractivity contribution in [1.82, 2.24) is 0 Å². The molecule has 0 aliphatic rings. The van der Waals surface area contributed by atoms with Gasteiger partial charge in [0.1, 0.15) is 0 Å². The maximum Gasteiger partial charge on any atom is 0.0719 e. The molecular weight excluding hydrogens is 197 g/mol. The first-order chi connectivity index (χ1) is 5.33. The maximum atomic E-state index is 5.69. The van der Waals surface area contributed by atoms with E-state index in [1.54, 1.807) is 0 Å². The summed E-state index contributed by atoms with van der Waals surface area (Å²) < 4.78 is 0. The predicted molar refractivity (Wildman–Crippen MR) is 52.5 cm³/mol. The number of hydrogen-bond acceptors (Lipinski definition) is 2. The fraction of sp³-hybridized carbons (Fsp3) is 0.250. The Balaban J connectivity index is 0.00000121. The first kappa shape index (κ1) is 11.7. The molecule has 0 aliphatic heterocycles. The van der Waals surface area contributed by atoms with Gasteiger partial charge < -0.3 is 4.84 Å². The summed E-state index contributed by atoms with van der Waals surface area (Å²) in [6.45, 7) is 0.543. The van der Waals surface area contributed by atoms with Crippen LogP contribution in [-0.4, -0.2) is 6.61 Å².